The van der Waals surface area contributed by atoms with E-state index in [0.717, 1.165) is 29.7 Å². The minimum Gasteiger partial charge on any atom is -0.472 e. The second kappa shape index (κ2) is 8.81. The zero-order chi connectivity index (χ0) is 19.4. The Kier molecular flexibility index (Phi) is 6.67. The fourth-order valence-electron chi connectivity index (χ4n) is 3.77. The van der Waals surface area contributed by atoms with Crippen LogP contribution in [-0.4, -0.2) is 62.3 Å². The first-order chi connectivity index (χ1) is 12.9. The van der Waals surface area contributed by atoms with Crippen molar-refractivity contribution in [3.63, 3.8) is 0 Å². The van der Waals surface area contributed by atoms with E-state index in [1.54, 1.807) is 23.9 Å². The molecule has 1 aromatic rings. The molecule has 1 atom stereocenters. The molecule has 2 fully saturated rings. The number of carbonyl (C=O) groups excluding carboxylic acids is 1. The molecule has 1 aromatic carbocycles. The molecule has 1 spiro atoms. The van der Waals surface area contributed by atoms with Crippen molar-refractivity contribution in [1.82, 2.24) is 14.5 Å². The first kappa shape index (κ1) is 20.4. The van der Waals surface area contributed by atoms with Crippen LogP contribution in [0.2, 0.25) is 0 Å². The van der Waals surface area contributed by atoms with Crippen LogP contribution in [0.5, 0.6) is 0 Å². The monoisotopic (exact) mass is 413 g/mol. The number of piperidine rings is 1. The van der Waals surface area contributed by atoms with Crippen LogP contribution >= 0.6 is 23.7 Å². The van der Waals surface area contributed by atoms with Crippen LogP contribution in [0.15, 0.2) is 24.3 Å². The van der Waals surface area contributed by atoms with Crippen LogP contribution in [-0.2, 0) is 11.3 Å². The van der Waals surface area contributed by atoms with Gasteiger partial charge in [-0.1, -0.05) is 12.1 Å². The van der Waals surface area contributed by atoms with Gasteiger partial charge in [-0.15, -0.1) is 0 Å². The van der Waals surface area contributed by atoms with E-state index in [-0.39, 0.29) is 17.8 Å². The highest BCUT2D eigenvalue weighted by Crippen LogP contribution is 2.36. The highest BCUT2D eigenvalue weighted by molar-refractivity contribution is 8.11. The van der Waals surface area contributed by atoms with E-state index in [9.17, 15) is 14.0 Å². The first-order valence-corrected chi connectivity index (χ1v) is 11.1. The predicted octanol–water partition coefficient (Wildman–Crippen LogP) is 3.00. The van der Waals surface area contributed by atoms with Crippen molar-refractivity contribution >= 4 is 34.9 Å². The summed E-state index contributed by atoms with van der Waals surface area (Å²) in [7, 11) is 0. The summed E-state index contributed by atoms with van der Waals surface area (Å²) in [6.07, 6.45) is 4.11. The standard InChI is InChI=1S/C18H24FN3O3S2/c1-26-11-6-15-16(23)22(12-13-2-4-14(19)5-3-13)18(20-15)7-9-21(10-8-18)27-17(24)25/h2-5,15,20H,6-12H2,1H3,(H,24,25). The van der Waals surface area contributed by atoms with Gasteiger partial charge in [-0.2, -0.15) is 11.8 Å². The van der Waals surface area contributed by atoms with Crippen LogP contribution in [0.4, 0.5) is 9.18 Å². The lowest BCUT2D eigenvalue weighted by Crippen LogP contribution is -2.57. The Morgan fingerprint density at radius 3 is 2.59 bits per heavy atom. The van der Waals surface area contributed by atoms with Crippen molar-refractivity contribution in [2.75, 3.05) is 25.1 Å². The molecule has 0 aliphatic carbocycles. The fourth-order valence-corrected chi connectivity index (χ4v) is 4.83. The normalized spacial score (nSPS) is 22.5. The first-order valence-electron chi connectivity index (χ1n) is 8.92. The average molecular weight is 414 g/mol. The Morgan fingerprint density at radius 2 is 2.00 bits per heavy atom. The summed E-state index contributed by atoms with van der Waals surface area (Å²) < 4.78 is 15.0. The maximum atomic E-state index is 13.2. The number of benzene rings is 1. The lowest BCUT2D eigenvalue weighted by atomic mass is 9.96. The molecule has 2 aliphatic rings. The summed E-state index contributed by atoms with van der Waals surface area (Å²) in [6, 6.07) is 6.01. The maximum Gasteiger partial charge on any atom is 0.380 e. The van der Waals surface area contributed by atoms with Crippen molar-refractivity contribution < 1.29 is 19.1 Å². The summed E-state index contributed by atoms with van der Waals surface area (Å²) in [6.45, 7) is 1.60. The Hall–Kier alpha value is -1.29. The molecule has 0 radical (unpaired) electrons. The molecule has 2 saturated heterocycles. The predicted molar refractivity (Wildman–Crippen MR) is 106 cm³/mol. The van der Waals surface area contributed by atoms with Crippen LogP contribution in [0.25, 0.3) is 0 Å². The summed E-state index contributed by atoms with van der Waals surface area (Å²) in [5, 5.41) is 11.6. The third-order valence-electron chi connectivity index (χ3n) is 5.15. The van der Waals surface area contributed by atoms with Gasteiger partial charge in [0.1, 0.15) is 5.82 Å². The van der Waals surface area contributed by atoms with Crippen molar-refractivity contribution in [2.45, 2.75) is 37.5 Å². The van der Waals surface area contributed by atoms with Gasteiger partial charge in [0.05, 0.1) is 11.7 Å². The van der Waals surface area contributed by atoms with E-state index in [0.29, 0.717) is 32.5 Å². The molecule has 9 heteroatoms. The second-order valence-corrected chi connectivity index (χ2v) is 8.88. The lowest BCUT2D eigenvalue weighted by Gasteiger charge is -2.44. The summed E-state index contributed by atoms with van der Waals surface area (Å²) in [5.74, 6) is 0.675. The largest absolute Gasteiger partial charge is 0.472 e. The molecule has 0 saturated carbocycles. The molecule has 1 amide bonds. The van der Waals surface area contributed by atoms with E-state index in [2.05, 4.69) is 5.32 Å². The summed E-state index contributed by atoms with van der Waals surface area (Å²) in [4.78, 5) is 25.9. The summed E-state index contributed by atoms with van der Waals surface area (Å²) >= 11 is 2.52. The Bertz CT molecular complexity index is 681. The Morgan fingerprint density at radius 1 is 1.33 bits per heavy atom. The highest BCUT2D eigenvalue weighted by Gasteiger charge is 2.51. The van der Waals surface area contributed by atoms with Gasteiger partial charge in [-0.25, -0.2) is 13.5 Å². The van der Waals surface area contributed by atoms with Crippen LogP contribution in [0.3, 0.4) is 0 Å². The van der Waals surface area contributed by atoms with E-state index in [1.807, 2.05) is 15.5 Å². The molecule has 6 nitrogen and oxygen atoms in total. The van der Waals surface area contributed by atoms with Gasteiger partial charge in [0.2, 0.25) is 5.91 Å². The number of carbonyl (C=O) groups is 2. The van der Waals surface area contributed by atoms with Gasteiger partial charge in [0, 0.05) is 31.6 Å². The van der Waals surface area contributed by atoms with Gasteiger partial charge in [0.15, 0.2) is 0 Å². The quantitative estimate of drug-likeness (QED) is 0.695. The number of amides is 1. The molecule has 148 valence electrons. The van der Waals surface area contributed by atoms with Gasteiger partial charge in [0.25, 0.3) is 0 Å². The molecule has 27 heavy (non-hydrogen) atoms. The number of rotatable bonds is 6. The van der Waals surface area contributed by atoms with Gasteiger partial charge < -0.3 is 10.0 Å². The third-order valence-corrected chi connectivity index (χ3v) is 6.57. The molecule has 1 unspecified atom stereocenters. The van der Waals surface area contributed by atoms with Crippen molar-refractivity contribution in [1.29, 1.82) is 0 Å². The minimum atomic E-state index is -0.914. The second-order valence-electron chi connectivity index (χ2n) is 6.85. The third kappa shape index (κ3) is 4.77. The molecule has 2 aliphatic heterocycles. The van der Waals surface area contributed by atoms with E-state index >= 15 is 0 Å². The number of carboxylic acid groups (broad SMARTS) is 1. The van der Waals surface area contributed by atoms with Crippen LogP contribution < -0.4 is 5.32 Å². The highest BCUT2D eigenvalue weighted by atomic mass is 32.2. The zero-order valence-corrected chi connectivity index (χ0v) is 16.8. The number of hydrogen-bond acceptors (Lipinski definition) is 6. The van der Waals surface area contributed by atoms with Crippen molar-refractivity contribution in [2.24, 2.45) is 0 Å². The minimum absolute atomic E-state index is 0.0766. The van der Waals surface area contributed by atoms with Gasteiger partial charge in [-0.05, 0) is 49.0 Å². The van der Waals surface area contributed by atoms with Crippen molar-refractivity contribution in [3.05, 3.63) is 35.6 Å². The zero-order valence-electron chi connectivity index (χ0n) is 15.2. The Labute approximate surface area is 167 Å². The van der Waals surface area contributed by atoms with Gasteiger partial charge in [-0.3, -0.25) is 10.1 Å². The number of halogens is 1. The maximum absolute atomic E-state index is 13.2. The van der Waals surface area contributed by atoms with Gasteiger partial charge >= 0.3 is 5.30 Å². The molecule has 2 N–H and O–H groups in total. The van der Waals surface area contributed by atoms with Crippen LogP contribution in [0.1, 0.15) is 24.8 Å². The fraction of sp³-hybridized carbons (Fsp3) is 0.556. The van der Waals surface area contributed by atoms with E-state index in [1.165, 1.54) is 12.1 Å². The topological polar surface area (TPSA) is 72.9 Å². The number of nitrogens with zero attached hydrogens (tertiary/aromatic N) is 2. The molecular weight excluding hydrogens is 389 g/mol. The van der Waals surface area contributed by atoms with Crippen molar-refractivity contribution in [3.8, 4) is 0 Å². The Balaban J connectivity index is 1.77. The van der Waals surface area contributed by atoms with Crippen LogP contribution in [0, 0.1) is 5.82 Å². The molecular formula is C18H24FN3O3S2. The van der Waals surface area contributed by atoms with E-state index < -0.39 is 11.0 Å². The molecule has 2 heterocycles. The number of thioether (sulfide) groups is 1. The molecule has 0 bridgehead atoms. The smallest absolute Gasteiger partial charge is 0.380 e. The lowest BCUT2D eigenvalue weighted by molar-refractivity contribution is -0.134. The average Bonchev–Trinajstić information content (AvgIpc) is 2.89. The molecule has 0 aromatic heterocycles. The van der Waals surface area contributed by atoms with E-state index in [4.69, 9.17) is 5.11 Å². The summed E-state index contributed by atoms with van der Waals surface area (Å²) in [5.41, 5.74) is 0.420. The number of nitrogens with one attached hydrogen (secondary N) is 1. The molecule has 3 rings (SSSR count). The SMILES string of the molecule is CSCCC1NC2(CCN(SC(=O)O)CC2)N(Cc2ccc(F)cc2)C1=O. The number of hydrogen-bond donors (Lipinski definition) is 2.